The van der Waals surface area contributed by atoms with Crippen molar-refractivity contribution in [1.29, 1.82) is 0 Å². The number of carbonyl (C=O) groups is 1. The maximum Gasteiger partial charge on any atom is 0.348 e. The molecule has 0 saturated carbocycles. The molecule has 1 aromatic heterocycles. The third-order valence-corrected chi connectivity index (χ3v) is 3.80. The van der Waals surface area contributed by atoms with Gasteiger partial charge in [-0.1, -0.05) is 41.9 Å². The van der Waals surface area contributed by atoms with Gasteiger partial charge in [0.1, 0.15) is 4.88 Å². The highest BCUT2D eigenvalue weighted by atomic mass is 35.5. The van der Waals surface area contributed by atoms with Crippen molar-refractivity contribution >= 4 is 28.9 Å². The molecule has 4 heteroatoms. The van der Waals surface area contributed by atoms with E-state index >= 15 is 0 Å². The van der Waals surface area contributed by atoms with E-state index in [1.165, 1.54) is 24.0 Å². The molecule has 0 fully saturated rings. The zero-order chi connectivity index (χ0) is 12.3. The number of hydrogen-bond donors (Lipinski definition) is 0. The maximum absolute atomic E-state index is 11.4. The van der Waals surface area contributed by atoms with E-state index in [1.54, 1.807) is 6.07 Å². The number of ether oxygens (including phenoxy) is 1. The van der Waals surface area contributed by atoms with Crippen LogP contribution in [0.3, 0.4) is 0 Å². The summed E-state index contributed by atoms with van der Waals surface area (Å²) < 4.78 is 5.32. The van der Waals surface area contributed by atoms with Crippen molar-refractivity contribution in [2.24, 2.45) is 0 Å². The average molecular weight is 267 g/mol. The van der Waals surface area contributed by atoms with Gasteiger partial charge < -0.3 is 4.74 Å². The number of esters is 1. The first-order valence-electron chi connectivity index (χ1n) is 5.11. The van der Waals surface area contributed by atoms with Gasteiger partial charge in [0.15, 0.2) is 0 Å². The molecule has 2 nitrogen and oxygen atoms in total. The second-order valence-corrected chi connectivity index (χ2v) is 5.22. The fourth-order valence-electron chi connectivity index (χ4n) is 1.54. The standard InChI is InChI=1S/C13H11ClO2S/c1-16-13(15)11-8-10(12(14)17-11)7-9-5-3-2-4-6-9/h2-6,8H,7H2,1H3. The Balaban J connectivity index is 2.22. The Morgan fingerprint density at radius 2 is 2.06 bits per heavy atom. The highest BCUT2D eigenvalue weighted by molar-refractivity contribution is 7.18. The van der Waals surface area contributed by atoms with Crippen LogP contribution >= 0.6 is 22.9 Å². The smallest absolute Gasteiger partial charge is 0.348 e. The van der Waals surface area contributed by atoms with E-state index in [9.17, 15) is 4.79 Å². The summed E-state index contributed by atoms with van der Waals surface area (Å²) >= 11 is 7.36. The monoisotopic (exact) mass is 266 g/mol. The summed E-state index contributed by atoms with van der Waals surface area (Å²) in [6.45, 7) is 0. The number of methoxy groups -OCH3 is 1. The molecule has 0 aliphatic carbocycles. The van der Waals surface area contributed by atoms with Crippen LogP contribution in [0.4, 0.5) is 0 Å². The normalized spacial score (nSPS) is 10.2. The molecule has 0 atom stereocenters. The minimum atomic E-state index is -0.337. The van der Waals surface area contributed by atoms with Crippen molar-refractivity contribution in [2.45, 2.75) is 6.42 Å². The third kappa shape index (κ3) is 2.87. The van der Waals surface area contributed by atoms with Crippen LogP contribution in [0.5, 0.6) is 0 Å². The summed E-state index contributed by atoms with van der Waals surface area (Å²) in [6.07, 6.45) is 0.729. The molecule has 0 spiro atoms. The zero-order valence-corrected chi connectivity index (χ0v) is 10.8. The maximum atomic E-state index is 11.4. The molecule has 0 saturated heterocycles. The second-order valence-electron chi connectivity index (χ2n) is 3.56. The summed E-state index contributed by atoms with van der Waals surface area (Å²) in [5, 5.41) is 0. The van der Waals surface area contributed by atoms with Gasteiger partial charge in [-0.3, -0.25) is 0 Å². The molecule has 1 aromatic carbocycles. The zero-order valence-electron chi connectivity index (χ0n) is 9.27. The van der Waals surface area contributed by atoms with Crippen LogP contribution in [0.2, 0.25) is 4.34 Å². The first kappa shape index (κ1) is 12.1. The summed E-state index contributed by atoms with van der Waals surface area (Å²) in [5.41, 5.74) is 2.13. The fraction of sp³-hybridized carbons (Fsp3) is 0.154. The molecule has 0 aliphatic rings. The van der Waals surface area contributed by atoms with Gasteiger partial charge in [0.2, 0.25) is 0 Å². The van der Waals surface area contributed by atoms with Gasteiger partial charge in [0.25, 0.3) is 0 Å². The molecule has 0 bridgehead atoms. The number of halogens is 1. The fourth-order valence-corrected chi connectivity index (χ4v) is 2.74. The highest BCUT2D eigenvalue weighted by Gasteiger charge is 2.13. The van der Waals surface area contributed by atoms with Gasteiger partial charge in [-0.25, -0.2) is 4.79 Å². The summed E-state index contributed by atoms with van der Waals surface area (Å²) in [4.78, 5) is 11.9. The Morgan fingerprint density at radius 3 is 2.71 bits per heavy atom. The molecule has 0 amide bonds. The molecule has 0 aliphatic heterocycles. The number of rotatable bonds is 3. The Bertz CT molecular complexity index is 519. The number of carbonyl (C=O) groups excluding carboxylic acids is 1. The SMILES string of the molecule is COC(=O)c1cc(Cc2ccccc2)c(Cl)s1. The van der Waals surface area contributed by atoms with Crippen molar-refractivity contribution in [3.8, 4) is 0 Å². The summed E-state index contributed by atoms with van der Waals surface area (Å²) in [6, 6.07) is 11.8. The van der Waals surface area contributed by atoms with E-state index in [4.69, 9.17) is 11.6 Å². The number of hydrogen-bond acceptors (Lipinski definition) is 3. The van der Waals surface area contributed by atoms with Crippen LogP contribution in [0.25, 0.3) is 0 Å². The van der Waals surface area contributed by atoms with Crippen LogP contribution in [0.1, 0.15) is 20.8 Å². The van der Waals surface area contributed by atoms with Gasteiger partial charge in [0, 0.05) is 0 Å². The Kier molecular flexibility index (Phi) is 3.82. The van der Waals surface area contributed by atoms with Crippen molar-refractivity contribution in [3.05, 3.63) is 56.7 Å². The number of benzene rings is 1. The molecule has 88 valence electrons. The van der Waals surface area contributed by atoms with Crippen molar-refractivity contribution in [1.82, 2.24) is 0 Å². The van der Waals surface area contributed by atoms with E-state index in [1.807, 2.05) is 30.3 Å². The first-order valence-corrected chi connectivity index (χ1v) is 6.30. The largest absolute Gasteiger partial charge is 0.465 e. The lowest BCUT2D eigenvalue weighted by Crippen LogP contribution is -1.97. The van der Waals surface area contributed by atoms with Gasteiger partial charge in [-0.05, 0) is 23.6 Å². The van der Waals surface area contributed by atoms with Gasteiger partial charge in [-0.2, -0.15) is 0 Å². The number of thiophene rings is 1. The van der Waals surface area contributed by atoms with E-state index in [0.717, 1.165) is 12.0 Å². The molecular formula is C13H11ClO2S. The topological polar surface area (TPSA) is 26.3 Å². The van der Waals surface area contributed by atoms with Crippen LogP contribution in [-0.2, 0) is 11.2 Å². The van der Waals surface area contributed by atoms with Gasteiger partial charge in [0.05, 0.1) is 11.4 Å². The Labute approximate surface area is 109 Å². The minimum Gasteiger partial charge on any atom is -0.465 e. The Hall–Kier alpha value is -1.32. The van der Waals surface area contributed by atoms with Crippen molar-refractivity contribution in [2.75, 3.05) is 7.11 Å². The van der Waals surface area contributed by atoms with E-state index in [2.05, 4.69) is 4.74 Å². The molecular weight excluding hydrogens is 256 g/mol. The van der Waals surface area contributed by atoms with Crippen LogP contribution < -0.4 is 0 Å². The first-order chi connectivity index (χ1) is 8.20. The van der Waals surface area contributed by atoms with Gasteiger partial charge >= 0.3 is 5.97 Å². The summed E-state index contributed by atoms with van der Waals surface area (Å²) in [7, 11) is 1.37. The van der Waals surface area contributed by atoms with E-state index in [0.29, 0.717) is 9.21 Å². The van der Waals surface area contributed by atoms with Crippen LogP contribution in [-0.4, -0.2) is 13.1 Å². The van der Waals surface area contributed by atoms with Crippen molar-refractivity contribution in [3.63, 3.8) is 0 Å². The molecule has 1 heterocycles. The predicted octanol–water partition coefficient (Wildman–Crippen LogP) is 3.78. The average Bonchev–Trinajstić information content (AvgIpc) is 2.71. The quantitative estimate of drug-likeness (QED) is 0.791. The minimum absolute atomic E-state index is 0.337. The lowest BCUT2D eigenvalue weighted by molar-refractivity contribution is 0.0606. The summed E-state index contributed by atoms with van der Waals surface area (Å²) in [5.74, 6) is -0.337. The lowest BCUT2D eigenvalue weighted by atomic mass is 10.1. The molecule has 17 heavy (non-hydrogen) atoms. The van der Waals surface area contributed by atoms with Crippen LogP contribution in [0.15, 0.2) is 36.4 Å². The Morgan fingerprint density at radius 1 is 1.35 bits per heavy atom. The van der Waals surface area contributed by atoms with Crippen LogP contribution in [0, 0.1) is 0 Å². The molecule has 0 radical (unpaired) electrons. The molecule has 0 unspecified atom stereocenters. The third-order valence-electron chi connectivity index (χ3n) is 2.38. The highest BCUT2D eigenvalue weighted by Crippen LogP contribution is 2.29. The predicted molar refractivity (Wildman–Crippen MR) is 69.9 cm³/mol. The second kappa shape index (κ2) is 5.34. The van der Waals surface area contributed by atoms with Gasteiger partial charge in [-0.15, -0.1) is 11.3 Å². The molecule has 0 N–H and O–H groups in total. The molecule has 2 aromatic rings. The van der Waals surface area contributed by atoms with Crippen molar-refractivity contribution < 1.29 is 9.53 Å². The lowest BCUT2D eigenvalue weighted by Gasteiger charge is -1.98. The van der Waals surface area contributed by atoms with E-state index < -0.39 is 0 Å². The van der Waals surface area contributed by atoms with E-state index in [-0.39, 0.29) is 5.97 Å². The molecule has 2 rings (SSSR count).